The first-order valence-electron chi connectivity index (χ1n) is 14.9. The van der Waals surface area contributed by atoms with E-state index in [4.69, 9.17) is 14.2 Å². The number of unbranched alkanes of at least 4 members (excludes halogenated alkanes) is 2. The number of hydrogen-bond donors (Lipinski definition) is 4. The molecule has 0 aliphatic carbocycles. The third-order valence-corrected chi connectivity index (χ3v) is 6.96. The first-order valence-corrected chi connectivity index (χ1v) is 14.9. The summed E-state index contributed by atoms with van der Waals surface area (Å²) in [7, 11) is 0. The number of carboxylic acid groups (broad SMARTS) is 1. The lowest BCUT2D eigenvalue weighted by Gasteiger charge is -2.31. The van der Waals surface area contributed by atoms with E-state index in [1.165, 1.54) is 18.2 Å². The highest BCUT2D eigenvalue weighted by Gasteiger charge is 2.34. The summed E-state index contributed by atoms with van der Waals surface area (Å²) in [6.07, 6.45) is 1.01. The second kappa shape index (κ2) is 16.1. The molecule has 0 aromatic heterocycles. The van der Waals surface area contributed by atoms with Crippen LogP contribution in [0.1, 0.15) is 71.3 Å². The molecule has 4 N–H and O–H groups in total. The van der Waals surface area contributed by atoms with E-state index in [0.717, 1.165) is 4.90 Å². The van der Waals surface area contributed by atoms with E-state index in [2.05, 4.69) is 10.6 Å². The maximum atomic E-state index is 12.8. The van der Waals surface area contributed by atoms with Crippen molar-refractivity contribution < 1.29 is 53.2 Å². The van der Waals surface area contributed by atoms with Gasteiger partial charge in [0.05, 0.1) is 17.2 Å². The van der Waals surface area contributed by atoms with Crippen LogP contribution in [0.2, 0.25) is 0 Å². The lowest BCUT2D eigenvalue weighted by molar-refractivity contribution is -0.195. The Balaban J connectivity index is 1.52. The number of carboxylic acids is 1. The fraction of sp³-hybridized carbons (Fsp3) is 0.548. The molecule has 1 fully saturated rings. The molecule has 3 rings (SSSR count). The van der Waals surface area contributed by atoms with Crippen LogP contribution in [-0.4, -0.2) is 82.3 Å². The molecule has 1 aromatic carbocycles. The number of aliphatic hydroxyl groups is 1. The van der Waals surface area contributed by atoms with Gasteiger partial charge in [-0.05, 0) is 51.3 Å². The first-order chi connectivity index (χ1) is 21.2. The Morgan fingerprint density at radius 1 is 1.00 bits per heavy atom. The highest BCUT2D eigenvalue weighted by molar-refractivity contribution is 6.12. The number of carbonyl (C=O) groups is 6. The Morgan fingerprint density at radius 3 is 2.38 bits per heavy atom. The largest absolute Gasteiger partial charge is 0.479 e. The molecule has 246 valence electrons. The van der Waals surface area contributed by atoms with Crippen LogP contribution in [0.4, 0.5) is 5.69 Å². The summed E-state index contributed by atoms with van der Waals surface area (Å²) in [5.74, 6) is -2.87. The second-order valence-corrected chi connectivity index (χ2v) is 11.9. The predicted octanol–water partition coefficient (Wildman–Crippen LogP) is 2.04. The molecule has 0 unspecified atom stereocenters. The van der Waals surface area contributed by atoms with Crippen LogP contribution in [0, 0.1) is 5.41 Å². The molecule has 45 heavy (non-hydrogen) atoms. The standard InChI is InChI=1S/C31H41N3O11/c1-31(2,3)30(42)43-18-19-8-9-22(44-28-17-20(35)16-23(45-28)29(40)41)21(15-19)33-25(37)12-13-32-24(36)7-5-4-6-14-34-26(38)10-11-27(34)39/h8-11,15,20,23,28,35H,4-7,12-14,16-18H2,1-3H3,(H,32,36)(H,33,37)(H,40,41)/t20-,23-,28+/m0/s1. The molecule has 4 amide bonds. The number of esters is 1. The number of benzene rings is 1. The quantitative estimate of drug-likeness (QED) is 0.126. The van der Waals surface area contributed by atoms with Crippen molar-refractivity contribution in [2.75, 3.05) is 18.4 Å². The lowest BCUT2D eigenvalue weighted by Crippen LogP contribution is -2.42. The van der Waals surface area contributed by atoms with Crippen LogP contribution in [0.15, 0.2) is 30.4 Å². The molecule has 14 nitrogen and oxygen atoms in total. The SMILES string of the molecule is CC(C)(C)C(=O)OCc1ccc(O[C@H]2C[C@@H](O)C[C@@H](C(=O)O)O2)c(NC(=O)CCNC(=O)CCCCCN2C(=O)C=CC2=O)c1. The summed E-state index contributed by atoms with van der Waals surface area (Å²) in [5.41, 5.74) is 0.0407. The van der Waals surface area contributed by atoms with Gasteiger partial charge in [-0.1, -0.05) is 12.5 Å². The van der Waals surface area contributed by atoms with Gasteiger partial charge in [-0.3, -0.25) is 28.9 Å². The van der Waals surface area contributed by atoms with Gasteiger partial charge in [0.25, 0.3) is 11.8 Å². The summed E-state index contributed by atoms with van der Waals surface area (Å²) in [6, 6.07) is 4.69. The van der Waals surface area contributed by atoms with E-state index in [-0.39, 0.29) is 68.0 Å². The van der Waals surface area contributed by atoms with Crippen molar-refractivity contribution in [2.45, 2.75) is 90.8 Å². The summed E-state index contributed by atoms with van der Waals surface area (Å²) >= 11 is 0. The van der Waals surface area contributed by atoms with Crippen molar-refractivity contribution in [1.82, 2.24) is 10.2 Å². The first kappa shape index (κ1) is 35.2. The van der Waals surface area contributed by atoms with Crippen LogP contribution in [0.25, 0.3) is 0 Å². The van der Waals surface area contributed by atoms with Crippen molar-refractivity contribution in [3.05, 3.63) is 35.9 Å². The van der Waals surface area contributed by atoms with E-state index in [1.54, 1.807) is 32.9 Å². The zero-order valence-electron chi connectivity index (χ0n) is 25.7. The molecule has 0 radical (unpaired) electrons. The van der Waals surface area contributed by atoms with Gasteiger partial charge in [0.1, 0.15) is 12.4 Å². The number of aliphatic hydroxyl groups excluding tert-OH is 1. The van der Waals surface area contributed by atoms with Crippen molar-refractivity contribution in [2.24, 2.45) is 5.41 Å². The van der Waals surface area contributed by atoms with Crippen LogP contribution in [0.3, 0.4) is 0 Å². The minimum atomic E-state index is -1.26. The average molecular weight is 632 g/mol. The minimum Gasteiger partial charge on any atom is -0.479 e. The molecule has 0 saturated carbocycles. The lowest BCUT2D eigenvalue weighted by atomic mass is 9.97. The molecule has 1 saturated heterocycles. The van der Waals surface area contributed by atoms with Gasteiger partial charge in [-0.25, -0.2) is 4.79 Å². The maximum Gasteiger partial charge on any atom is 0.333 e. The molecular formula is C31H41N3O11. The number of carbonyl (C=O) groups excluding carboxylic acids is 5. The number of nitrogens with one attached hydrogen (secondary N) is 2. The van der Waals surface area contributed by atoms with E-state index in [1.807, 2.05) is 0 Å². The fourth-order valence-corrected chi connectivity index (χ4v) is 4.47. The highest BCUT2D eigenvalue weighted by Crippen LogP contribution is 2.31. The summed E-state index contributed by atoms with van der Waals surface area (Å²) in [5, 5.41) is 24.8. The normalized spacial score (nSPS) is 19.7. The number of amides is 4. The molecule has 2 heterocycles. The Bertz CT molecular complexity index is 1290. The van der Waals surface area contributed by atoms with Gasteiger partial charge in [0.15, 0.2) is 6.10 Å². The van der Waals surface area contributed by atoms with Crippen LogP contribution >= 0.6 is 0 Å². The van der Waals surface area contributed by atoms with E-state index in [9.17, 15) is 39.0 Å². The number of nitrogens with zero attached hydrogens (tertiary/aromatic N) is 1. The van der Waals surface area contributed by atoms with Crippen LogP contribution < -0.4 is 15.4 Å². The molecule has 0 spiro atoms. The monoisotopic (exact) mass is 631 g/mol. The molecule has 14 heteroatoms. The third-order valence-electron chi connectivity index (χ3n) is 6.96. The van der Waals surface area contributed by atoms with Gasteiger partial charge < -0.3 is 35.1 Å². The molecular weight excluding hydrogens is 590 g/mol. The van der Waals surface area contributed by atoms with Gasteiger partial charge in [0.2, 0.25) is 18.1 Å². The number of hydrogen-bond acceptors (Lipinski definition) is 10. The zero-order valence-corrected chi connectivity index (χ0v) is 25.7. The molecule has 0 bridgehead atoms. The van der Waals surface area contributed by atoms with Crippen molar-refractivity contribution >= 4 is 41.3 Å². The van der Waals surface area contributed by atoms with E-state index < -0.39 is 41.8 Å². The topological polar surface area (TPSA) is 198 Å². The van der Waals surface area contributed by atoms with Gasteiger partial charge in [-0.2, -0.15) is 0 Å². The summed E-state index contributed by atoms with van der Waals surface area (Å²) in [6.45, 7) is 5.45. The number of anilines is 1. The van der Waals surface area contributed by atoms with Crippen LogP contribution in [0.5, 0.6) is 5.75 Å². The molecule has 2 aliphatic heterocycles. The number of ether oxygens (including phenoxy) is 3. The summed E-state index contributed by atoms with van der Waals surface area (Å²) in [4.78, 5) is 72.9. The van der Waals surface area contributed by atoms with Gasteiger partial charge >= 0.3 is 11.9 Å². The molecule has 1 aromatic rings. The average Bonchev–Trinajstić information content (AvgIpc) is 3.28. The fourth-order valence-electron chi connectivity index (χ4n) is 4.47. The van der Waals surface area contributed by atoms with Crippen LogP contribution in [-0.2, 0) is 44.8 Å². The van der Waals surface area contributed by atoms with Gasteiger partial charge in [0, 0.05) is 50.9 Å². The van der Waals surface area contributed by atoms with E-state index in [0.29, 0.717) is 31.4 Å². The maximum absolute atomic E-state index is 12.8. The minimum absolute atomic E-state index is 0.0137. The Kier molecular flexibility index (Phi) is 12.6. The Hall–Kier alpha value is -4.30. The second-order valence-electron chi connectivity index (χ2n) is 11.9. The number of aliphatic carboxylic acids is 1. The molecule has 2 aliphatic rings. The summed E-state index contributed by atoms with van der Waals surface area (Å²) < 4.78 is 16.7. The molecule has 3 atom stereocenters. The van der Waals surface area contributed by atoms with Crippen molar-refractivity contribution in [3.63, 3.8) is 0 Å². The zero-order chi connectivity index (χ0) is 33.1. The predicted molar refractivity (Wildman–Crippen MR) is 158 cm³/mol. The van der Waals surface area contributed by atoms with Crippen molar-refractivity contribution in [3.8, 4) is 5.75 Å². The smallest absolute Gasteiger partial charge is 0.333 e. The highest BCUT2D eigenvalue weighted by atomic mass is 16.7. The Labute approximate surface area is 261 Å². The van der Waals surface area contributed by atoms with E-state index >= 15 is 0 Å². The Morgan fingerprint density at radius 2 is 1.71 bits per heavy atom. The van der Waals surface area contributed by atoms with Crippen molar-refractivity contribution in [1.29, 1.82) is 0 Å². The third kappa shape index (κ3) is 11.3. The number of imide groups is 1. The van der Waals surface area contributed by atoms with Gasteiger partial charge in [-0.15, -0.1) is 0 Å². The number of rotatable bonds is 15.